The zero-order valence-corrected chi connectivity index (χ0v) is 22.5. The number of anilines is 1. The van der Waals surface area contributed by atoms with Crippen LogP contribution in [0.2, 0.25) is 0 Å². The van der Waals surface area contributed by atoms with Crippen molar-refractivity contribution in [1.29, 1.82) is 0 Å². The Morgan fingerprint density at radius 3 is 2.32 bits per heavy atom. The molecular weight excluding hydrogens is 541 g/mol. The maximum absolute atomic E-state index is 13.1. The van der Waals surface area contributed by atoms with Gasteiger partial charge in [-0.2, -0.15) is 18.3 Å². The molecule has 3 rings (SSSR count). The minimum Gasteiger partial charge on any atom is -0.493 e. The number of hydrazone groups is 1. The summed E-state index contributed by atoms with van der Waals surface area (Å²) in [4.78, 5) is 36.3. The highest BCUT2D eigenvalue weighted by atomic mass is 19.4. The number of methoxy groups -OCH3 is 1. The van der Waals surface area contributed by atoms with E-state index < -0.39 is 36.1 Å². The van der Waals surface area contributed by atoms with Crippen LogP contribution < -0.4 is 25.5 Å². The van der Waals surface area contributed by atoms with Gasteiger partial charge in [-0.1, -0.05) is 50.2 Å². The summed E-state index contributed by atoms with van der Waals surface area (Å²) in [5, 5.41) is 8.48. The molecule has 0 saturated carbocycles. The molecule has 0 unspecified atom stereocenters. The molecule has 0 spiro atoms. The average Bonchev–Trinajstić information content (AvgIpc) is 2.94. The number of carbonyl (C=O) groups excluding carboxylic acids is 3. The van der Waals surface area contributed by atoms with Crippen molar-refractivity contribution in [1.82, 2.24) is 10.7 Å². The van der Waals surface area contributed by atoms with Gasteiger partial charge < -0.3 is 20.1 Å². The maximum Gasteiger partial charge on any atom is 0.418 e. The van der Waals surface area contributed by atoms with E-state index >= 15 is 0 Å². The first-order chi connectivity index (χ1) is 19.5. The van der Waals surface area contributed by atoms with Gasteiger partial charge >= 0.3 is 18.0 Å². The second-order valence-corrected chi connectivity index (χ2v) is 9.07. The van der Waals surface area contributed by atoms with Gasteiger partial charge in [-0.05, 0) is 52.9 Å². The Labute approximate surface area is 234 Å². The van der Waals surface area contributed by atoms with Gasteiger partial charge in [-0.25, -0.2) is 5.43 Å². The van der Waals surface area contributed by atoms with Crippen LogP contribution in [-0.4, -0.2) is 37.7 Å². The number of rotatable bonds is 10. The van der Waals surface area contributed by atoms with Crippen LogP contribution in [0.1, 0.15) is 42.0 Å². The molecule has 3 aromatic carbocycles. The summed E-state index contributed by atoms with van der Waals surface area (Å²) in [6.45, 7) is 3.76. The molecule has 0 bridgehead atoms. The van der Waals surface area contributed by atoms with Crippen LogP contribution in [0.25, 0.3) is 0 Å². The molecule has 3 amide bonds. The summed E-state index contributed by atoms with van der Waals surface area (Å²) < 4.78 is 50.1. The van der Waals surface area contributed by atoms with E-state index in [1.54, 1.807) is 0 Å². The average molecular weight is 571 g/mol. The Balaban J connectivity index is 1.50. The number of ether oxygens (including phenoxy) is 2. The Hall–Kier alpha value is -4.87. The number of para-hydroxylation sites is 1. The number of carbonyl (C=O) groups is 3. The van der Waals surface area contributed by atoms with Crippen LogP contribution >= 0.6 is 0 Å². The highest BCUT2D eigenvalue weighted by Gasteiger charge is 2.33. The van der Waals surface area contributed by atoms with Gasteiger partial charge in [-0.3, -0.25) is 14.4 Å². The monoisotopic (exact) mass is 570 g/mol. The van der Waals surface area contributed by atoms with Crippen LogP contribution in [0, 0.1) is 0 Å². The van der Waals surface area contributed by atoms with Crippen LogP contribution in [-0.2, 0) is 27.1 Å². The van der Waals surface area contributed by atoms with Gasteiger partial charge in [0.15, 0.2) is 18.1 Å². The van der Waals surface area contributed by atoms with Crippen molar-refractivity contribution in [3.05, 3.63) is 89.0 Å². The molecule has 0 aliphatic heterocycles. The predicted molar refractivity (Wildman–Crippen MR) is 147 cm³/mol. The van der Waals surface area contributed by atoms with E-state index in [1.807, 2.05) is 24.3 Å². The first kappa shape index (κ1) is 30.7. The molecule has 0 aliphatic carbocycles. The van der Waals surface area contributed by atoms with Crippen molar-refractivity contribution in [3.8, 4) is 11.5 Å². The zero-order chi connectivity index (χ0) is 30.0. The van der Waals surface area contributed by atoms with Gasteiger partial charge in [0.2, 0.25) is 0 Å². The van der Waals surface area contributed by atoms with Gasteiger partial charge in [0.25, 0.3) is 5.91 Å². The molecule has 0 aliphatic rings. The zero-order valence-electron chi connectivity index (χ0n) is 22.5. The highest BCUT2D eigenvalue weighted by Crippen LogP contribution is 2.34. The molecule has 216 valence electrons. The van der Waals surface area contributed by atoms with E-state index in [4.69, 9.17) is 9.47 Å². The van der Waals surface area contributed by atoms with Crippen molar-refractivity contribution in [2.45, 2.75) is 32.5 Å². The summed E-state index contributed by atoms with van der Waals surface area (Å²) in [6.07, 6.45) is -3.36. The minimum absolute atomic E-state index is 0.147. The van der Waals surface area contributed by atoms with Crippen LogP contribution in [0.5, 0.6) is 11.5 Å². The third-order valence-corrected chi connectivity index (χ3v) is 5.74. The molecule has 0 saturated heterocycles. The summed E-state index contributed by atoms with van der Waals surface area (Å²) in [6, 6.07) is 16.8. The van der Waals surface area contributed by atoms with E-state index in [9.17, 15) is 27.6 Å². The summed E-state index contributed by atoms with van der Waals surface area (Å²) in [5.41, 5.74) is 3.25. The van der Waals surface area contributed by atoms with Crippen LogP contribution in [0.3, 0.4) is 0 Å². The number of hydrogen-bond donors (Lipinski definition) is 3. The lowest BCUT2D eigenvalue weighted by Crippen LogP contribution is -2.37. The van der Waals surface area contributed by atoms with Gasteiger partial charge in [0, 0.05) is 6.54 Å². The quantitative estimate of drug-likeness (QED) is 0.187. The summed E-state index contributed by atoms with van der Waals surface area (Å²) >= 11 is 0. The lowest BCUT2D eigenvalue weighted by molar-refractivity contribution is -0.139. The SMILES string of the molecule is COc1cc(/C=N\NC(=O)C(=O)NCc2ccc(C(C)C)cc2)ccc1OCC(=O)Nc1ccccc1C(F)(F)F. The van der Waals surface area contributed by atoms with Crippen molar-refractivity contribution in [2.75, 3.05) is 19.0 Å². The Kier molecular flexibility index (Phi) is 10.4. The fourth-order valence-electron chi connectivity index (χ4n) is 3.55. The second-order valence-electron chi connectivity index (χ2n) is 9.07. The molecule has 12 heteroatoms. The molecule has 0 fully saturated rings. The van der Waals surface area contributed by atoms with Gasteiger partial charge in [0.05, 0.1) is 24.6 Å². The first-order valence-electron chi connectivity index (χ1n) is 12.4. The minimum atomic E-state index is -4.63. The lowest BCUT2D eigenvalue weighted by Gasteiger charge is -2.14. The molecule has 0 radical (unpaired) electrons. The molecule has 0 atom stereocenters. The number of nitrogens with zero attached hydrogens (tertiary/aromatic N) is 1. The number of amides is 3. The van der Waals surface area contributed by atoms with Crippen molar-refractivity contribution in [2.24, 2.45) is 5.10 Å². The normalized spacial score (nSPS) is 11.3. The molecule has 3 N–H and O–H groups in total. The fourth-order valence-corrected chi connectivity index (χ4v) is 3.55. The number of hydrogen-bond acceptors (Lipinski definition) is 6. The molecule has 3 aromatic rings. The molecule has 41 heavy (non-hydrogen) atoms. The Bertz CT molecular complexity index is 1410. The third-order valence-electron chi connectivity index (χ3n) is 5.74. The smallest absolute Gasteiger partial charge is 0.418 e. The largest absolute Gasteiger partial charge is 0.493 e. The number of benzene rings is 3. The van der Waals surface area contributed by atoms with E-state index in [0.717, 1.165) is 17.7 Å². The van der Waals surface area contributed by atoms with E-state index in [-0.39, 0.29) is 23.7 Å². The summed E-state index contributed by atoms with van der Waals surface area (Å²) in [7, 11) is 1.35. The third kappa shape index (κ3) is 9.09. The van der Waals surface area contributed by atoms with Crippen molar-refractivity contribution >= 4 is 29.6 Å². The number of nitrogens with one attached hydrogen (secondary N) is 3. The van der Waals surface area contributed by atoms with Gasteiger partial charge in [-0.15, -0.1) is 0 Å². The van der Waals surface area contributed by atoms with Crippen molar-refractivity contribution in [3.63, 3.8) is 0 Å². The van der Waals surface area contributed by atoms with Gasteiger partial charge in [0.1, 0.15) is 0 Å². The summed E-state index contributed by atoms with van der Waals surface area (Å²) in [5.74, 6) is -1.88. The number of halogens is 3. The first-order valence-corrected chi connectivity index (χ1v) is 12.4. The maximum atomic E-state index is 13.1. The lowest BCUT2D eigenvalue weighted by atomic mass is 10.0. The van der Waals surface area contributed by atoms with E-state index in [1.165, 1.54) is 49.2 Å². The molecule has 0 heterocycles. The topological polar surface area (TPSA) is 118 Å². The van der Waals surface area contributed by atoms with E-state index in [0.29, 0.717) is 11.5 Å². The fraction of sp³-hybridized carbons (Fsp3) is 0.241. The number of alkyl halides is 3. The van der Waals surface area contributed by atoms with Crippen molar-refractivity contribution < 1.29 is 37.0 Å². The molecular formula is C29H29F3N4O5. The second kappa shape index (κ2) is 14.0. The molecule has 9 nitrogen and oxygen atoms in total. The Morgan fingerprint density at radius 1 is 0.951 bits per heavy atom. The predicted octanol–water partition coefficient (Wildman–Crippen LogP) is 4.62. The Morgan fingerprint density at radius 2 is 1.66 bits per heavy atom. The highest BCUT2D eigenvalue weighted by molar-refractivity contribution is 6.35. The van der Waals surface area contributed by atoms with Crippen LogP contribution in [0.4, 0.5) is 18.9 Å². The van der Waals surface area contributed by atoms with Crippen LogP contribution in [0.15, 0.2) is 71.8 Å². The standard InChI is InChI=1S/C29H29F3N4O5/c1-18(2)21-11-8-19(9-12-21)15-33-27(38)28(39)36-34-16-20-10-13-24(25(14-20)40-3)41-17-26(37)35-23-7-5-4-6-22(23)29(30,31)32/h4-14,16,18H,15,17H2,1-3H3,(H,33,38)(H,35,37)(H,36,39)/b34-16-. The molecule has 0 aromatic heterocycles. The van der Waals surface area contributed by atoms with E-state index in [2.05, 4.69) is 35.0 Å².